The first kappa shape index (κ1) is 22.6. The van der Waals surface area contributed by atoms with Crippen molar-refractivity contribution in [2.24, 2.45) is 5.92 Å². The Morgan fingerprint density at radius 1 is 0.933 bits per heavy atom. The average Bonchev–Trinajstić information content (AvgIpc) is 2.74. The van der Waals surface area contributed by atoms with Crippen LogP contribution in [0.2, 0.25) is 0 Å². The van der Waals surface area contributed by atoms with Crippen molar-refractivity contribution in [3.8, 4) is 0 Å². The third-order valence-corrected chi connectivity index (χ3v) is 8.80. The molecule has 2 aromatic rings. The fourth-order valence-corrected chi connectivity index (χ4v) is 5.60. The van der Waals surface area contributed by atoms with Gasteiger partial charge in [-0.3, -0.25) is 4.72 Å². The molecule has 9 heteroatoms. The molecule has 0 aromatic heterocycles. The van der Waals surface area contributed by atoms with Crippen LogP contribution in [0.15, 0.2) is 58.3 Å². The van der Waals surface area contributed by atoms with Gasteiger partial charge in [-0.05, 0) is 55.2 Å². The molecule has 3 rings (SSSR count). The molecule has 1 saturated heterocycles. The lowest BCUT2D eigenvalue weighted by Crippen LogP contribution is -2.34. The predicted octanol–water partition coefficient (Wildman–Crippen LogP) is 3.36. The number of benzene rings is 2. The fraction of sp³-hybridized carbons (Fsp3) is 0.429. The Labute approximate surface area is 179 Å². The molecule has 30 heavy (non-hydrogen) atoms. The summed E-state index contributed by atoms with van der Waals surface area (Å²) in [5.74, 6) is 0.724. The minimum Gasteiger partial charge on any atom is -0.370 e. The molecule has 0 unspecified atom stereocenters. The molecule has 1 aliphatic heterocycles. The van der Waals surface area contributed by atoms with E-state index in [0.717, 1.165) is 41.8 Å². The standard InChI is InChI=1S/C21H29N3O4S2/c1-4-17-13-15-24(16-14-17)21-8-6-5-7-20(21)22-29(25,26)18-9-11-19(12-10-18)30(27,28)23(2)3/h5-12,17,22H,4,13-16H2,1-3H3. The second kappa shape index (κ2) is 8.95. The predicted molar refractivity (Wildman–Crippen MR) is 120 cm³/mol. The van der Waals surface area contributed by atoms with Gasteiger partial charge in [0.15, 0.2) is 0 Å². The molecular formula is C21H29N3O4S2. The van der Waals surface area contributed by atoms with E-state index in [4.69, 9.17) is 0 Å². The zero-order chi connectivity index (χ0) is 21.9. The van der Waals surface area contributed by atoms with E-state index >= 15 is 0 Å². The lowest BCUT2D eigenvalue weighted by atomic mass is 9.94. The number of anilines is 2. The number of rotatable bonds is 7. The summed E-state index contributed by atoms with van der Waals surface area (Å²) in [6.45, 7) is 4.00. The van der Waals surface area contributed by atoms with Crippen molar-refractivity contribution in [1.29, 1.82) is 0 Å². The van der Waals surface area contributed by atoms with Crippen LogP contribution in [0.4, 0.5) is 11.4 Å². The lowest BCUT2D eigenvalue weighted by Gasteiger charge is -2.34. The third-order valence-electron chi connectivity index (χ3n) is 5.59. The van der Waals surface area contributed by atoms with E-state index in [1.54, 1.807) is 12.1 Å². The molecule has 0 amide bonds. The molecule has 2 aromatic carbocycles. The van der Waals surface area contributed by atoms with Crippen LogP contribution < -0.4 is 9.62 Å². The normalized spacial score (nSPS) is 16.1. The number of para-hydroxylation sites is 2. The van der Waals surface area contributed by atoms with E-state index in [1.165, 1.54) is 44.8 Å². The largest absolute Gasteiger partial charge is 0.370 e. The van der Waals surface area contributed by atoms with E-state index in [2.05, 4.69) is 16.5 Å². The highest BCUT2D eigenvalue weighted by Gasteiger charge is 2.23. The van der Waals surface area contributed by atoms with Gasteiger partial charge in [0.1, 0.15) is 0 Å². The average molecular weight is 452 g/mol. The van der Waals surface area contributed by atoms with Crippen molar-refractivity contribution >= 4 is 31.4 Å². The van der Waals surface area contributed by atoms with Gasteiger partial charge in [-0.15, -0.1) is 0 Å². The van der Waals surface area contributed by atoms with Crippen molar-refractivity contribution in [2.45, 2.75) is 36.0 Å². The monoisotopic (exact) mass is 451 g/mol. The van der Waals surface area contributed by atoms with E-state index in [1.807, 2.05) is 12.1 Å². The molecular weight excluding hydrogens is 422 g/mol. The van der Waals surface area contributed by atoms with Crippen LogP contribution in [0.25, 0.3) is 0 Å². The highest BCUT2D eigenvalue weighted by atomic mass is 32.2. The fourth-order valence-electron chi connectivity index (χ4n) is 3.62. The van der Waals surface area contributed by atoms with Crippen LogP contribution in [-0.4, -0.2) is 48.3 Å². The smallest absolute Gasteiger partial charge is 0.261 e. The molecule has 0 atom stereocenters. The molecule has 0 bridgehead atoms. The summed E-state index contributed by atoms with van der Waals surface area (Å²) < 4.78 is 54.1. The van der Waals surface area contributed by atoms with Crippen molar-refractivity contribution in [3.63, 3.8) is 0 Å². The summed E-state index contributed by atoms with van der Waals surface area (Å²) >= 11 is 0. The first-order chi connectivity index (χ1) is 14.1. The van der Waals surface area contributed by atoms with Crippen LogP contribution in [0, 0.1) is 5.92 Å². The van der Waals surface area contributed by atoms with Gasteiger partial charge >= 0.3 is 0 Å². The molecule has 1 fully saturated rings. The Morgan fingerprint density at radius 3 is 2.07 bits per heavy atom. The minimum atomic E-state index is -3.86. The van der Waals surface area contributed by atoms with Gasteiger partial charge in [-0.25, -0.2) is 21.1 Å². The van der Waals surface area contributed by atoms with Gasteiger partial charge in [-0.2, -0.15) is 0 Å². The van der Waals surface area contributed by atoms with E-state index in [0.29, 0.717) is 5.69 Å². The Hall–Kier alpha value is -2.10. The third kappa shape index (κ3) is 4.79. The number of nitrogens with one attached hydrogen (secondary N) is 1. The molecule has 0 saturated carbocycles. The summed E-state index contributed by atoms with van der Waals surface area (Å²) in [5, 5.41) is 0. The molecule has 1 heterocycles. The number of nitrogens with zero attached hydrogens (tertiary/aromatic N) is 2. The molecule has 1 N–H and O–H groups in total. The summed E-state index contributed by atoms with van der Waals surface area (Å²) in [6, 6.07) is 12.6. The van der Waals surface area contributed by atoms with Gasteiger partial charge < -0.3 is 4.90 Å². The number of piperidine rings is 1. The van der Waals surface area contributed by atoms with Crippen LogP contribution in [0.1, 0.15) is 26.2 Å². The van der Waals surface area contributed by atoms with Crippen molar-refractivity contribution in [2.75, 3.05) is 36.8 Å². The summed E-state index contributed by atoms with van der Waals surface area (Å²) in [4.78, 5) is 2.28. The van der Waals surface area contributed by atoms with Crippen molar-refractivity contribution < 1.29 is 16.8 Å². The van der Waals surface area contributed by atoms with Gasteiger partial charge in [0, 0.05) is 27.2 Å². The Balaban J connectivity index is 1.83. The van der Waals surface area contributed by atoms with Crippen molar-refractivity contribution in [3.05, 3.63) is 48.5 Å². The molecule has 164 valence electrons. The quantitative estimate of drug-likeness (QED) is 0.698. The maximum absolute atomic E-state index is 12.9. The van der Waals surface area contributed by atoms with Gasteiger partial charge in [0.25, 0.3) is 10.0 Å². The van der Waals surface area contributed by atoms with Crippen LogP contribution in [-0.2, 0) is 20.0 Å². The van der Waals surface area contributed by atoms with E-state index in [9.17, 15) is 16.8 Å². The van der Waals surface area contributed by atoms with Gasteiger partial charge in [0.2, 0.25) is 10.0 Å². The molecule has 7 nitrogen and oxygen atoms in total. The van der Waals surface area contributed by atoms with E-state index < -0.39 is 20.0 Å². The van der Waals surface area contributed by atoms with Crippen molar-refractivity contribution in [1.82, 2.24) is 4.31 Å². The van der Waals surface area contributed by atoms with Gasteiger partial charge in [-0.1, -0.05) is 25.5 Å². The summed E-state index contributed by atoms with van der Waals surface area (Å²) in [6.07, 6.45) is 3.36. The van der Waals surface area contributed by atoms with Crippen LogP contribution in [0.3, 0.4) is 0 Å². The highest BCUT2D eigenvalue weighted by molar-refractivity contribution is 7.92. The van der Waals surface area contributed by atoms with Crippen LogP contribution in [0.5, 0.6) is 0 Å². The second-order valence-electron chi connectivity index (χ2n) is 7.72. The SMILES string of the molecule is CCC1CCN(c2ccccc2NS(=O)(=O)c2ccc(S(=O)(=O)N(C)C)cc2)CC1. The second-order valence-corrected chi connectivity index (χ2v) is 11.6. The summed E-state index contributed by atoms with van der Waals surface area (Å²) in [5.41, 5.74) is 1.39. The van der Waals surface area contributed by atoms with Gasteiger partial charge in [0.05, 0.1) is 21.2 Å². The summed E-state index contributed by atoms with van der Waals surface area (Å²) in [7, 11) is -4.61. The molecule has 0 aliphatic carbocycles. The maximum Gasteiger partial charge on any atom is 0.261 e. The first-order valence-electron chi connectivity index (χ1n) is 10.0. The Kier molecular flexibility index (Phi) is 6.74. The zero-order valence-electron chi connectivity index (χ0n) is 17.6. The molecule has 0 spiro atoms. The maximum atomic E-state index is 12.9. The topological polar surface area (TPSA) is 86.8 Å². The first-order valence-corrected chi connectivity index (χ1v) is 13.0. The van der Waals surface area contributed by atoms with Crippen LogP contribution >= 0.6 is 0 Å². The molecule has 1 aliphatic rings. The number of sulfonamides is 2. The van der Waals surface area contributed by atoms with E-state index in [-0.39, 0.29) is 9.79 Å². The number of hydrogen-bond acceptors (Lipinski definition) is 5. The minimum absolute atomic E-state index is 0.0136. The lowest BCUT2D eigenvalue weighted by molar-refractivity contribution is 0.395. The molecule has 0 radical (unpaired) electrons. The highest BCUT2D eigenvalue weighted by Crippen LogP contribution is 2.32. The Bertz CT molecular complexity index is 1070. The zero-order valence-corrected chi connectivity index (χ0v) is 19.2. The number of hydrogen-bond donors (Lipinski definition) is 1. The Morgan fingerprint density at radius 2 is 1.50 bits per heavy atom.